The number of rotatable bonds is 5. The molecule has 132 valence electrons. The summed E-state index contributed by atoms with van der Waals surface area (Å²) in [7, 11) is 0. The van der Waals surface area contributed by atoms with Crippen molar-refractivity contribution in [3.8, 4) is 11.5 Å². The van der Waals surface area contributed by atoms with Gasteiger partial charge in [0.2, 0.25) is 5.91 Å². The Bertz CT molecular complexity index is 600. The number of carbonyl (C=O) groups is 1. The van der Waals surface area contributed by atoms with E-state index in [1.807, 2.05) is 12.1 Å². The molecule has 1 aliphatic carbocycles. The fraction of sp³-hybridized carbons (Fsp3) is 0.632. The van der Waals surface area contributed by atoms with Gasteiger partial charge in [0.15, 0.2) is 11.5 Å². The quantitative estimate of drug-likeness (QED) is 0.867. The van der Waals surface area contributed by atoms with E-state index in [0.717, 1.165) is 36.3 Å². The van der Waals surface area contributed by atoms with Crippen LogP contribution in [0.1, 0.15) is 38.7 Å². The van der Waals surface area contributed by atoms with E-state index in [9.17, 15) is 4.79 Å². The van der Waals surface area contributed by atoms with Gasteiger partial charge in [-0.3, -0.25) is 4.79 Å². The van der Waals surface area contributed by atoms with Gasteiger partial charge >= 0.3 is 0 Å². The summed E-state index contributed by atoms with van der Waals surface area (Å²) in [5.74, 6) is 2.14. The summed E-state index contributed by atoms with van der Waals surface area (Å²) in [4.78, 5) is 12.5. The van der Waals surface area contributed by atoms with Crippen molar-refractivity contribution in [2.24, 2.45) is 17.6 Å². The molecule has 0 unspecified atom stereocenters. The van der Waals surface area contributed by atoms with Crippen molar-refractivity contribution >= 4 is 5.91 Å². The molecule has 5 nitrogen and oxygen atoms in total. The molecule has 1 saturated carbocycles. The summed E-state index contributed by atoms with van der Waals surface area (Å²) in [5.41, 5.74) is 6.75. The maximum atomic E-state index is 12.5. The van der Waals surface area contributed by atoms with Crippen LogP contribution < -0.4 is 20.5 Å². The predicted molar refractivity (Wildman–Crippen MR) is 93.4 cm³/mol. The van der Waals surface area contributed by atoms with Crippen LogP contribution in [0.4, 0.5) is 0 Å². The lowest BCUT2D eigenvalue weighted by atomic mass is 9.84. The van der Waals surface area contributed by atoms with Gasteiger partial charge in [-0.15, -0.1) is 0 Å². The third-order valence-electron chi connectivity index (χ3n) is 5.33. The second-order valence-electron chi connectivity index (χ2n) is 7.49. The molecule has 1 heterocycles. The van der Waals surface area contributed by atoms with Gasteiger partial charge in [-0.1, -0.05) is 26.3 Å². The molecule has 0 bridgehead atoms. The minimum Gasteiger partial charge on any atom is -0.486 e. The van der Waals surface area contributed by atoms with Crippen LogP contribution >= 0.6 is 0 Å². The molecule has 24 heavy (non-hydrogen) atoms. The number of hydrogen-bond donors (Lipinski definition) is 2. The fourth-order valence-electron chi connectivity index (χ4n) is 3.67. The number of benzene rings is 1. The number of carbonyl (C=O) groups excluding carboxylic acids is 1. The first-order chi connectivity index (χ1) is 11.5. The maximum absolute atomic E-state index is 12.5. The Labute approximate surface area is 143 Å². The van der Waals surface area contributed by atoms with Crippen molar-refractivity contribution in [2.75, 3.05) is 26.3 Å². The SMILES string of the molecule is CC(C)(CNC(=O)[C@@H]1CCC[C@@H]1CN)c1ccc2c(c1)OCCO2. The van der Waals surface area contributed by atoms with E-state index in [0.29, 0.717) is 32.2 Å². The van der Waals surface area contributed by atoms with Crippen molar-refractivity contribution < 1.29 is 14.3 Å². The van der Waals surface area contributed by atoms with Gasteiger partial charge in [0.1, 0.15) is 13.2 Å². The molecular formula is C19H28N2O3. The summed E-state index contributed by atoms with van der Waals surface area (Å²) >= 11 is 0. The molecule has 5 heteroatoms. The Morgan fingerprint density at radius 1 is 1.25 bits per heavy atom. The molecule has 1 aromatic carbocycles. The number of hydrogen-bond acceptors (Lipinski definition) is 4. The van der Waals surface area contributed by atoms with E-state index in [1.54, 1.807) is 0 Å². The van der Waals surface area contributed by atoms with Gasteiger partial charge in [0, 0.05) is 17.9 Å². The lowest BCUT2D eigenvalue weighted by Gasteiger charge is -2.29. The van der Waals surface area contributed by atoms with Gasteiger partial charge in [-0.2, -0.15) is 0 Å². The zero-order valence-electron chi connectivity index (χ0n) is 14.6. The topological polar surface area (TPSA) is 73.6 Å². The fourth-order valence-corrected chi connectivity index (χ4v) is 3.67. The van der Waals surface area contributed by atoms with E-state index < -0.39 is 0 Å². The van der Waals surface area contributed by atoms with Crippen LogP contribution in [0.5, 0.6) is 11.5 Å². The van der Waals surface area contributed by atoms with E-state index in [2.05, 4.69) is 25.2 Å². The largest absolute Gasteiger partial charge is 0.486 e. The van der Waals surface area contributed by atoms with Crippen molar-refractivity contribution in [1.82, 2.24) is 5.32 Å². The standard InChI is InChI=1S/C19H28N2O3/c1-19(2,12-21-18(22)15-5-3-4-13(15)11-20)14-6-7-16-17(10-14)24-9-8-23-16/h6-7,10,13,15H,3-5,8-9,11-12,20H2,1-2H3,(H,21,22)/t13-,15-/m1/s1. The summed E-state index contributed by atoms with van der Waals surface area (Å²) in [5, 5.41) is 3.14. The zero-order chi connectivity index (χ0) is 17.2. The average Bonchev–Trinajstić information content (AvgIpc) is 3.08. The van der Waals surface area contributed by atoms with Crippen LogP contribution in [0.2, 0.25) is 0 Å². The highest BCUT2D eigenvalue weighted by molar-refractivity contribution is 5.79. The second kappa shape index (κ2) is 7.01. The van der Waals surface area contributed by atoms with Crippen molar-refractivity contribution in [3.05, 3.63) is 23.8 Å². The van der Waals surface area contributed by atoms with Gasteiger partial charge in [0.05, 0.1) is 0 Å². The van der Waals surface area contributed by atoms with Crippen molar-refractivity contribution in [1.29, 1.82) is 0 Å². The van der Waals surface area contributed by atoms with E-state index in [1.165, 1.54) is 0 Å². The minimum absolute atomic E-state index is 0.0751. The maximum Gasteiger partial charge on any atom is 0.223 e. The Morgan fingerprint density at radius 3 is 2.75 bits per heavy atom. The number of nitrogens with two attached hydrogens (primary N) is 1. The second-order valence-corrected chi connectivity index (χ2v) is 7.49. The molecule has 2 aliphatic rings. The first kappa shape index (κ1) is 17.1. The lowest BCUT2D eigenvalue weighted by Crippen LogP contribution is -2.41. The highest BCUT2D eigenvalue weighted by atomic mass is 16.6. The van der Waals surface area contributed by atoms with Crippen LogP contribution in [-0.4, -0.2) is 32.2 Å². The number of nitrogens with one attached hydrogen (secondary N) is 1. The van der Waals surface area contributed by atoms with Crippen LogP contribution in [-0.2, 0) is 10.2 Å². The summed E-state index contributed by atoms with van der Waals surface area (Å²) < 4.78 is 11.2. The Kier molecular flexibility index (Phi) is 4.99. The Morgan fingerprint density at radius 2 is 2.00 bits per heavy atom. The monoisotopic (exact) mass is 332 g/mol. The van der Waals surface area contributed by atoms with E-state index >= 15 is 0 Å². The van der Waals surface area contributed by atoms with Crippen LogP contribution in [0, 0.1) is 11.8 Å². The molecule has 1 fully saturated rings. The van der Waals surface area contributed by atoms with Crippen molar-refractivity contribution in [2.45, 2.75) is 38.5 Å². The minimum atomic E-state index is -0.178. The van der Waals surface area contributed by atoms with Gasteiger partial charge < -0.3 is 20.5 Å². The van der Waals surface area contributed by atoms with E-state index in [-0.39, 0.29) is 17.2 Å². The van der Waals surface area contributed by atoms with Crippen LogP contribution in [0.15, 0.2) is 18.2 Å². The third kappa shape index (κ3) is 3.51. The predicted octanol–water partition coefficient (Wildman–Crippen LogP) is 2.23. The van der Waals surface area contributed by atoms with Gasteiger partial charge in [-0.25, -0.2) is 0 Å². The first-order valence-electron chi connectivity index (χ1n) is 8.89. The normalized spacial score (nSPS) is 23.1. The average molecular weight is 332 g/mol. The molecule has 3 N–H and O–H groups in total. The molecule has 0 spiro atoms. The first-order valence-corrected chi connectivity index (χ1v) is 8.89. The third-order valence-corrected chi connectivity index (χ3v) is 5.33. The molecule has 3 rings (SSSR count). The Balaban J connectivity index is 1.64. The van der Waals surface area contributed by atoms with Crippen LogP contribution in [0.3, 0.4) is 0 Å². The number of ether oxygens (including phenoxy) is 2. The zero-order valence-corrected chi connectivity index (χ0v) is 14.6. The highest BCUT2D eigenvalue weighted by Crippen LogP contribution is 2.35. The highest BCUT2D eigenvalue weighted by Gasteiger charge is 2.33. The smallest absolute Gasteiger partial charge is 0.223 e. The lowest BCUT2D eigenvalue weighted by molar-refractivity contribution is -0.126. The molecule has 0 saturated heterocycles. The number of fused-ring (bicyclic) bond motifs is 1. The van der Waals surface area contributed by atoms with Gasteiger partial charge in [-0.05, 0) is 43.0 Å². The molecule has 0 aromatic heterocycles. The number of amides is 1. The van der Waals surface area contributed by atoms with Gasteiger partial charge in [0.25, 0.3) is 0 Å². The van der Waals surface area contributed by atoms with Crippen LogP contribution in [0.25, 0.3) is 0 Å². The van der Waals surface area contributed by atoms with E-state index in [4.69, 9.17) is 15.2 Å². The molecule has 0 radical (unpaired) electrons. The molecule has 1 amide bonds. The molecular weight excluding hydrogens is 304 g/mol. The summed E-state index contributed by atoms with van der Waals surface area (Å²) in [6.07, 6.45) is 3.13. The summed E-state index contributed by atoms with van der Waals surface area (Å²) in [6, 6.07) is 6.03. The molecule has 2 atom stereocenters. The summed E-state index contributed by atoms with van der Waals surface area (Å²) in [6.45, 7) is 6.63. The molecule has 1 aromatic rings. The van der Waals surface area contributed by atoms with Crippen molar-refractivity contribution in [3.63, 3.8) is 0 Å². The molecule has 1 aliphatic heterocycles. The Hall–Kier alpha value is -1.75.